The van der Waals surface area contributed by atoms with Gasteiger partial charge in [-0.3, -0.25) is 0 Å². The van der Waals surface area contributed by atoms with Crippen LogP contribution in [-0.4, -0.2) is 33.1 Å². The van der Waals surface area contributed by atoms with Crippen LogP contribution in [0.2, 0.25) is 0 Å². The number of fused-ring (bicyclic) bond motifs is 2. The van der Waals surface area contributed by atoms with Gasteiger partial charge in [0.25, 0.3) is 0 Å². The van der Waals surface area contributed by atoms with Crippen molar-refractivity contribution in [3.8, 4) is 11.5 Å². The highest BCUT2D eigenvalue weighted by atomic mass is 16.7. The fraction of sp³-hybridized carbons (Fsp3) is 0.333. The third-order valence-electron chi connectivity index (χ3n) is 6.78. The van der Waals surface area contributed by atoms with Crippen LogP contribution < -0.4 is 14.8 Å². The van der Waals surface area contributed by atoms with Crippen LogP contribution in [0, 0.1) is 5.92 Å². The maximum atomic E-state index is 6.51. The van der Waals surface area contributed by atoms with Crippen molar-refractivity contribution in [1.29, 1.82) is 0 Å². The molecular weight excluding hydrogens is 422 g/mol. The Hall–Kier alpha value is -3.08. The molecule has 34 heavy (non-hydrogen) atoms. The smallest absolute Gasteiger partial charge is 0.189 e. The van der Waals surface area contributed by atoms with Gasteiger partial charge in [0.15, 0.2) is 6.79 Å². The zero-order valence-electron chi connectivity index (χ0n) is 19.9. The first-order valence-corrected chi connectivity index (χ1v) is 12.4. The van der Waals surface area contributed by atoms with Gasteiger partial charge in [0, 0.05) is 24.2 Å². The molecule has 0 spiro atoms. The van der Waals surface area contributed by atoms with Gasteiger partial charge in [-0.1, -0.05) is 60.7 Å². The molecule has 0 radical (unpaired) electrons. The lowest BCUT2D eigenvalue weighted by molar-refractivity contribution is 0.0220. The summed E-state index contributed by atoms with van der Waals surface area (Å²) in [4.78, 5) is 0. The monoisotopic (exact) mass is 455 g/mol. The number of benzene rings is 4. The molecule has 1 aliphatic rings. The lowest BCUT2D eigenvalue weighted by Gasteiger charge is -2.24. The van der Waals surface area contributed by atoms with Crippen molar-refractivity contribution < 1.29 is 14.2 Å². The van der Waals surface area contributed by atoms with Crippen molar-refractivity contribution in [2.45, 2.75) is 26.2 Å². The number of hydrogen-bond donors (Lipinski definition) is 1. The van der Waals surface area contributed by atoms with E-state index in [1.165, 1.54) is 45.5 Å². The van der Waals surface area contributed by atoms with Crippen LogP contribution >= 0.6 is 0 Å². The number of piperidine rings is 1. The molecule has 5 rings (SSSR count). The molecule has 1 aliphatic heterocycles. The van der Waals surface area contributed by atoms with E-state index in [1.807, 2.05) is 6.92 Å². The Labute approximate surface area is 201 Å². The second kappa shape index (κ2) is 10.9. The number of hydrogen-bond acceptors (Lipinski definition) is 4. The lowest BCUT2D eigenvalue weighted by atomic mass is 9.93. The Bertz CT molecular complexity index is 1250. The first-order valence-electron chi connectivity index (χ1n) is 12.4. The molecular formula is C30H33NO3. The van der Waals surface area contributed by atoms with Gasteiger partial charge in [0.2, 0.25) is 0 Å². The first-order chi connectivity index (χ1) is 16.8. The molecule has 4 aromatic carbocycles. The summed E-state index contributed by atoms with van der Waals surface area (Å²) in [5.74, 6) is 2.44. The zero-order chi connectivity index (χ0) is 23.2. The van der Waals surface area contributed by atoms with E-state index in [-0.39, 0.29) is 6.79 Å². The minimum Gasteiger partial charge on any atom is -0.493 e. The Kier molecular flexibility index (Phi) is 7.28. The van der Waals surface area contributed by atoms with Crippen LogP contribution in [0.25, 0.3) is 21.5 Å². The Morgan fingerprint density at radius 1 is 0.735 bits per heavy atom. The van der Waals surface area contributed by atoms with Crippen molar-refractivity contribution in [3.63, 3.8) is 0 Å². The summed E-state index contributed by atoms with van der Waals surface area (Å²) >= 11 is 0. The van der Waals surface area contributed by atoms with E-state index in [0.717, 1.165) is 37.6 Å². The van der Waals surface area contributed by atoms with E-state index in [2.05, 4.69) is 78.1 Å². The molecule has 0 atom stereocenters. The predicted octanol–water partition coefficient (Wildman–Crippen LogP) is 6.34. The largest absolute Gasteiger partial charge is 0.493 e. The predicted molar refractivity (Wildman–Crippen MR) is 139 cm³/mol. The van der Waals surface area contributed by atoms with Gasteiger partial charge in [-0.25, -0.2) is 0 Å². The quantitative estimate of drug-likeness (QED) is 0.236. The highest BCUT2D eigenvalue weighted by Gasteiger charge is 2.18. The van der Waals surface area contributed by atoms with Gasteiger partial charge in [-0.15, -0.1) is 0 Å². The highest BCUT2D eigenvalue weighted by molar-refractivity contribution is 5.91. The van der Waals surface area contributed by atoms with E-state index in [1.54, 1.807) is 0 Å². The van der Waals surface area contributed by atoms with Gasteiger partial charge >= 0.3 is 0 Å². The maximum Gasteiger partial charge on any atom is 0.189 e. The second-order valence-electron chi connectivity index (χ2n) is 8.96. The number of rotatable bonds is 9. The van der Waals surface area contributed by atoms with Crippen LogP contribution in [0.15, 0.2) is 72.8 Å². The summed E-state index contributed by atoms with van der Waals surface area (Å²) in [6.07, 6.45) is 3.06. The van der Waals surface area contributed by atoms with Crippen molar-refractivity contribution in [3.05, 3.63) is 83.9 Å². The fourth-order valence-electron chi connectivity index (χ4n) is 4.89. The summed E-state index contributed by atoms with van der Waals surface area (Å²) in [5, 5.41) is 8.31. The summed E-state index contributed by atoms with van der Waals surface area (Å²) in [6, 6.07) is 25.6. The molecule has 0 aliphatic carbocycles. The topological polar surface area (TPSA) is 39.7 Å². The van der Waals surface area contributed by atoms with Crippen molar-refractivity contribution >= 4 is 21.5 Å². The van der Waals surface area contributed by atoms with Crippen LogP contribution in [0.3, 0.4) is 0 Å². The van der Waals surface area contributed by atoms with Gasteiger partial charge in [-0.2, -0.15) is 0 Å². The average molecular weight is 456 g/mol. The van der Waals surface area contributed by atoms with Crippen LogP contribution in [0.1, 0.15) is 30.9 Å². The molecule has 0 unspecified atom stereocenters. The van der Waals surface area contributed by atoms with Crippen molar-refractivity contribution in [2.75, 3.05) is 33.1 Å². The SMILES string of the molecule is CCOCOc1ccc2ccccc2c1Cc1c(OCC2CCNCC2)ccc2ccccc12. The molecule has 176 valence electrons. The molecule has 0 saturated carbocycles. The molecule has 0 amide bonds. The third kappa shape index (κ3) is 5.03. The maximum absolute atomic E-state index is 6.51. The van der Waals surface area contributed by atoms with Gasteiger partial charge in [0.1, 0.15) is 11.5 Å². The normalized spacial score (nSPS) is 14.5. The standard InChI is InChI=1S/C30H33NO3/c1-2-32-21-34-30-14-12-24-8-4-6-10-26(24)28(30)19-27-25-9-5-3-7-23(25)11-13-29(27)33-20-22-15-17-31-18-16-22/h3-14,22,31H,2,15-21H2,1H3. The first kappa shape index (κ1) is 22.7. The molecule has 1 heterocycles. The Balaban J connectivity index is 1.55. The lowest BCUT2D eigenvalue weighted by Crippen LogP contribution is -2.30. The molecule has 0 aromatic heterocycles. The molecule has 4 nitrogen and oxygen atoms in total. The van der Waals surface area contributed by atoms with Crippen LogP contribution in [0.4, 0.5) is 0 Å². The molecule has 4 aromatic rings. The van der Waals surface area contributed by atoms with E-state index < -0.39 is 0 Å². The van der Waals surface area contributed by atoms with E-state index in [4.69, 9.17) is 14.2 Å². The Morgan fingerprint density at radius 3 is 1.94 bits per heavy atom. The van der Waals surface area contributed by atoms with E-state index in [0.29, 0.717) is 12.5 Å². The Morgan fingerprint density at radius 2 is 1.32 bits per heavy atom. The minimum absolute atomic E-state index is 0.246. The number of nitrogens with one attached hydrogen (secondary N) is 1. The molecule has 4 heteroatoms. The highest BCUT2D eigenvalue weighted by Crippen LogP contribution is 2.36. The van der Waals surface area contributed by atoms with Crippen LogP contribution in [0.5, 0.6) is 11.5 Å². The summed E-state index contributed by atoms with van der Waals surface area (Å²) in [7, 11) is 0. The van der Waals surface area contributed by atoms with E-state index >= 15 is 0 Å². The number of ether oxygens (including phenoxy) is 3. The fourth-order valence-corrected chi connectivity index (χ4v) is 4.89. The van der Waals surface area contributed by atoms with Gasteiger partial charge < -0.3 is 19.5 Å². The van der Waals surface area contributed by atoms with Gasteiger partial charge in [0.05, 0.1) is 6.61 Å². The zero-order valence-corrected chi connectivity index (χ0v) is 19.9. The van der Waals surface area contributed by atoms with Crippen molar-refractivity contribution in [1.82, 2.24) is 5.32 Å². The second-order valence-corrected chi connectivity index (χ2v) is 8.96. The van der Waals surface area contributed by atoms with Crippen LogP contribution in [-0.2, 0) is 11.2 Å². The molecule has 1 fully saturated rings. The minimum atomic E-state index is 0.246. The van der Waals surface area contributed by atoms with E-state index in [9.17, 15) is 0 Å². The van der Waals surface area contributed by atoms with Crippen molar-refractivity contribution in [2.24, 2.45) is 5.92 Å². The summed E-state index contributed by atoms with van der Waals surface area (Å²) < 4.78 is 18.1. The average Bonchev–Trinajstić information content (AvgIpc) is 2.90. The van der Waals surface area contributed by atoms with Gasteiger partial charge in [-0.05, 0) is 72.5 Å². The molecule has 0 bridgehead atoms. The molecule has 1 N–H and O–H groups in total. The summed E-state index contributed by atoms with van der Waals surface area (Å²) in [5.41, 5.74) is 2.38. The summed E-state index contributed by atoms with van der Waals surface area (Å²) in [6.45, 7) is 5.77. The third-order valence-corrected chi connectivity index (χ3v) is 6.78. The molecule has 1 saturated heterocycles.